The van der Waals surface area contributed by atoms with Gasteiger partial charge in [0.1, 0.15) is 0 Å². The van der Waals surface area contributed by atoms with Crippen molar-refractivity contribution in [2.45, 2.75) is 29.2 Å². The van der Waals surface area contributed by atoms with E-state index >= 15 is 0 Å². The van der Waals surface area contributed by atoms with Gasteiger partial charge in [0, 0.05) is 36.5 Å². The van der Waals surface area contributed by atoms with E-state index in [2.05, 4.69) is 17.0 Å². The minimum absolute atomic E-state index is 0.131. The van der Waals surface area contributed by atoms with Crippen LogP contribution in [0.25, 0.3) is 0 Å². The van der Waals surface area contributed by atoms with Gasteiger partial charge in [-0.3, -0.25) is 4.90 Å². The van der Waals surface area contributed by atoms with E-state index in [0.717, 1.165) is 25.2 Å². The number of nitrogens with zero attached hydrogens (tertiary/aromatic N) is 1. The molecule has 122 valence electrons. The molecule has 0 aromatic heterocycles. The highest BCUT2D eigenvalue weighted by atomic mass is 32.2. The van der Waals surface area contributed by atoms with E-state index in [1.807, 2.05) is 30.3 Å². The van der Waals surface area contributed by atoms with Crippen molar-refractivity contribution < 1.29 is 8.78 Å². The van der Waals surface area contributed by atoms with E-state index in [0.29, 0.717) is 22.6 Å². The molecule has 0 bridgehead atoms. The van der Waals surface area contributed by atoms with Gasteiger partial charge in [-0.1, -0.05) is 54.2 Å². The molecule has 0 amide bonds. The van der Waals surface area contributed by atoms with E-state index < -0.39 is 5.76 Å². The van der Waals surface area contributed by atoms with Crippen LogP contribution in [0, 0.1) is 0 Å². The zero-order chi connectivity index (χ0) is 16.2. The summed E-state index contributed by atoms with van der Waals surface area (Å²) in [6.45, 7) is 2.59. The molecule has 1 saturated heterocycles. The number of hydrogen-bond acceptors (Lipinski definition) is 3. The number of halogens is 2. The predicted octanol–water partition coefficient (Wildman–Crippen LogP) is 3.93. The van der Waals surface area contributed by atoms with Crippen LogP contribution in [0.2, 0.25) is 0 Å². The fourth-order valence-corrected chi connectivity index (χ4v) is 3.63. The lowest BCUT2D eigenvalue weighted by atomic mass is 9.95. The molecule has 2 nitrogen and oxygen atoms in total. The summed E-state index contributed by atoms with van der Waals surface area (Å²) in [6.07, 6.45) is 0. The van der Waals surface area contributed by atoms with E-state index in [-0.39, 0.29) is 6.04 Å². The molecule has 0 aliphatic carbocycles. The number of hydrogen-bond donors (Lipinski definition) is 1. The summed E-state index contributed by atoms with van der Waals surface area (Å²) >= 11 is 0.581. The van der Waals surface area contributed by atoms with Crippen molar-refractivity contribution in [3.05, 3.63) is 65.7 Å². The molecule has 2 N–H and O–H groups in total. The molecule has 1 aliphatic rings. The first-order chi connectivity index (χ1) is 11.1. The standard InChI is InChI=1S/C18H20F2N2S/c19-18(20)23-15-8-6-13(7-9-15)10-22-11-16(17(21)12-22)14-4-2-1-3-5-14/h1-9,16-18H,10-12,21H2/t16-,17+/m0/s1. The molecule has 2 atom stereocenters. The van der Waals surface area contributed by atoms with Gasteiger partial charge in [0.2, 0.25) is 0 Å². The molecule has 0 unspecified atom stereocenters. The van der Waals surface area contributed by atoms with Crippen LogP contribution in [0.5, 0.6) is 0 Å². The van der Waals surface area contributed by atoms with Gasteiger partial charge in [-0.05, 0) is 23.3 Å². The summed E-state index contributed by atoms with van der Waals surface area (Å²) in [6, 6.07) is 17.9. The Morgan fingerprint density at radius 1 is 1.04 bits per heavy atom. The number of rotatable bonds is 5. The van der Waals surface area contributed by atoms with Crippen LogP contribution in [-0.4, -0.2) is 29.8 Å². The molecule has 1 aliphatic heterocycles. The second-order valence-electron chi connectivity index (χ2n) is 5.90. The largest absolute Gasteiger partial charge is 0.326 e. The summed E-state index contributed by atoms with van der Waals surface area (Å²) in [7, 11) is 0. The zero-order valence-corrected chi connectivity index (χ0v) is 13.6. The molecule has 23 heavy (non-hydrogen) atoms. The van der Waals surface area contributed by atoms with Gasteiger partial charge < -0.3 is 5.73 Å². The molecule has 0 saturated carbocycles. The number of thioether (sulfide) groups is 1. The summed E-state index contributed by atoms with van der Waals surface area (Å²) in [5, 5.41) is 0. The summed E-state index contributed by atoms with van der Waals surface area (Å²) in [5.41, 5.74) is 8.72. The van der Waals surface area contributed by atoms with Crippen LogP contribution in [-0.2, 0) is 6.54 Å². The summed E-state index contributed by atoms with van der Waals surface area (Å²) in [4.78, 5) is 2.93. The zero-order valence-electron chi connectivity index (χ0n) is 12.7. The van der Waals surface area contributed by atoms with Crippen molar-refractivity contribution in [2.24, 2.45) is 5.73 Å². The van der Waals surface area contributed by atoms with Crippen molar-refractivity contribution in [2.75, 3.05) is 13.1 Å². The van der Waals surface area contributed by atoms with Gasteiger partial charge >= 0.3 is 0 Å². The van der Waals surface area contributed by atoms with Crippen LogP contribution in [0.15, 0.2) is 59.5 Å². The quantitative estimate of drug-likeness (QED) is 0.840. The number of nitrogens with two attached hydrogens (primary N) is 1. The molecule has 5 heteroatoms. The third-order valence-electron chi connectivity index (χ3n) is 4.22. The average Bonchev–Trinajstić information content (AvgIpc) is 2.90. The number of benzene rings is 2. The minimum Gasteiger partial charge on any atom is -0.326 e. The van der Waals surface area contributed by atoms with Gasteiger partial charge in [0.05, 0.1) is 0 Å². The average molecular weight is 334 g/mol. The van der Waals surface area contributed by atoms with Crippen LogP contribution in [0.3, 0.4) is 0 Å². The lowest BCUT2D eigenvalue weighted by molar-refractivity contribution is 0.252. The molecule has 2 aromatic rings. The van der Waals surface area contributed by atoms with Gasteiger partial charge in [0.15, 0.2) is 0 Å². The molecule has 0 spiro atoms. The number of alkyl halides is 2. The second kappa shape index (κ2) is 7.43. The monoisotopic (exact) mass is 334 g/mol. The second-order valence-corrected chi connectivity index (χ2v) is 6.96. The van der Waals surface area contributed by atoms with Crippen LogP contribution < -0.4 is 5.73 Å². The Labute approximate surface area is 139 Å². The maximum absolute atomic E-state index is 12.3. The lowest BCUT2D eigenvalue weighted by Crippen LogP contribution is -2.28. The molecule has 2 aromatic carbocycles. The molecular weight excluding hydrogens is 314 g/mol. The lowest BCUT2D eigenvalue weighted by Gasteiger charge is -2.16. The molecule has 1 heterocycles. The fraction of sp³-hybridized carbons (Fsp3) is 0.333. The van der Waals surface area contributed by atoms with E-state index in [9.17, 15) is 8.78 Å². The van der Waals surface area contributed by atoms with E-state index in [4.69, 9.17) is 5.73 Å². The van der Waals surface area contributed by atoms with E-state index in [1.165, 1.54) is 5.56 Å². The SMILES string of the molecule is N[C@@H]1CN(Cc2ccc(SC(F)F)cc2)C[C@H]1c1ccccc1. The Morgan fingerprint density at radius 3 is 2.39 bits per heavy atom. The van der Waals surface area contributed by atoms with E-state index in [1.54, 1.807) is 12.1 Å². The predicted molar refractivity (Wildman–Crippen MR) is 90.7 cm³/mol. The Hall–Kier alpha value is -1.43. The van der Waals surface area contributed by atoms with Crippen molar-refractivity contribution in [1.82, 2.24) is 4.90 Å². The third-order valence-corrected chi connectivity index (χ3v) is 4.95. The van der Waals surface area contributed by atoms with Crippen molar-refractivity contribution in [1.29, 1.82) is 0 Å². The highest BCUT2D eigenvalue weighted by molar-refractivity contribution is 7.99. The highest BCUT2D eigenvalue weighted by Gasteiger charge is 2.30. The summed E-state index contributed by atoms with van der Waals surface area (Å²) < 4.78 is 24.7. The van der Waals surface area contributed by atoms with Crippen molar-refractivity contribution in [3.8, 4) is 0 Å². The van der Waals surface area contributed by atoms with Gasteiger partial charge in [-0.2, -0.15) is 8.78 Å². The molecular formula is C18H20F2N2S. The Bertz CT molecular complexity index is 619. The molecule has 0 radical (unpaired) electrons. The molecule has 3 rings (SSSR count). The maximum Gasteiger partial charge on any atom is 0.288 e. The first-order valence-corrected chi connectivity index (χ1v) is 8.56. The smallest absolute Gasteiger partial charge is 0.288 e. The van der Waals surface area contributed by atoms with Crippen LogP contribution in [0.4, 0.5) is 8.78 Å². The van der Waals surface area contributed by atoms with Gasteiger partial charge in [-0.15, -0.1) is 0 Å². The van der Waals surface area contributed by atoms with Gasteiger partial charge in [-0.25, -0.2) is 0 Å². The topological polar surface area (TPSA) is 29.3 Å². The summed E-state index contributed by atoms with van der Waals surface area (Å²) in [5.74, 6) is -2.02. The Balaban J connectivity index is 1.61. The highest BCUT2D eigenvalue weighted by Crippen LogP contribution is 2.28. The first-order valence-electron chi connectivity index (χ1n) is 7.68. The van der Waals surface area contributed by atoms with Crippen LogP contribution in [0.1, 0.15) is 17.0 Å². The third kappa shape index (κ3) is 4.31. The minimum atomic E-state index is -2.37. The normalized spacial score (nSPS) is 21.9. The number of likely N-dealkylation sites (tertiary alicyclic amines) is 1. The van der Waals surface area contributed by atoms with Crippen LogP contribution >= 0.6 is 11.8 Å². The Kier molecular flexibility index (Phi) is 5.30. The first kappa shape index (κ1) is 16.4. The van der Waals surface area contributed by atoms with Crippen molar-refractivity contribution >= 4 is 11.8 Å². The van der Waals surface area contributed by atoms with Crippen molar-refractivity contribution in [3.63, 3.8) is 0 Å². The fourth-order valence-electron chi connectivity index (χ4n) is 3.13. The maximum atomic E-state index is 12.3. The molecule has 1 fully saturated rings. The van der Waals surface area contributed by atoms with Gasteiger partial charge in [0.25, 0.3) is 5.76 Å². The Morgan fingerprint density at radius 2 is 1.74 bits per heavy atom.